The molecule has 1 unspecified atom stereocenters. The molecule has 0 spiro atoms. The normalized spacial score (nSPS) is 21.9. The molecule has 8 nitrogen and oxygen atoms in total. The second kappa shape index (κ2) is 7.23. The first-order valence-electron chi connectivity index (χ1n) is 8.40. The lowest BCUT2D eigenvalue weighted by molar-refractivity contribution is -0.163. The van der Waals surface area contributed by atoms with Gasteiger partial charge in [-0.15, -0.1) is 0 Å². The monoisotopic (exact) mass is 402 g/mol. The van der Waals surface area contributed by atoms with Gasteiger partial charge in [-0.1, -0.05) is 30.5 Å². The number of benzene rings is 1. The zero-order valence-corrected chi connectivity index (χ0v) is 16.3. The van der Waals surface area contributed by atoms with Crippen molar-refractivity contribution in [1.82, 2.24) is 9.80 Å². The summed E-state index contributed by atoms with van der Waals surface area (Å²) in [5.41, 5.74) is 0.750. The van der Waals surface area contributed by atoms with Gasteiger partial charge in [0.1, 0.15) is 11.4 Å². The van der Waals surface area contributed by atoms with Gasteiger partial charge in [0.15, 0.2) is 11.2 Å². The van der Waals surface area contributed by atoms with E-state index in [-0.39, 0.29) is 16.2 Å². The smallest absolute Gasteiger partial charge is 0.332 e. The number of esters is 1. The first-order chi connectivity index (χ1) is 13.2. The topological polar surface area (TPSA) is 101 Å². The van der Waals surface area contributed by atoms with E-state index in [1.54, 1.807) is 19.1 Å². The van der Waals surface area contributed by atoms with E-state index in [0.29, 0.717) is 5.57 Å². The lowest BCUT2D eigenvalue weighted by Gasteiger charge is -2.51. The third kappa shape index (κ3) is 2.91. The zero-order valence-electron chi connectivity index (χ0n) is 15.5. The molecular weight excluding hydrogens is 384 g/mol. The number of likely N-dealkylation sites (tertiary alicyclic amines) is 1. The Balaban J connectivity index is 1.99. The number of amides is 3. The van der Waals surface area contributed by atoms with Crippen LogP contribution in [0.3, 0.4) is 0 Å². The van der Waals surface area contributed by atoms with Crippen molar-refractivity contribution in [1.29, 1.82) is 0 Å². The fourth-order valence-corrected chi connectivity index (χ4v) is 4.44. The quantitative estimate of drug-likeness (QED) is 0.316. The summed E-state index contributed by atoms with van der Waals surface area (Å²) in [6.45, 7) is 6.58. The van der Waals surface area contributed by atoms with Crippen LogP contribution < -0.4 is 0 Å². The standard InChI is InChI=1S/C19H18N2O6S/c1-9(2)13(19(26)27-4)21-17(25)14(18(21)28-10(3)22)20-15(23)11-7-5-6-8-12(11)16(20)24/h5-8,13-14,18H,1H2,2-4H3/t13?,14-,18-/m1/s1. The van der Waals surface area contributed by atoms with Gasteiger partial charge in [-0.25, -0.2) is 4.79 Å². The predicted molar refractivity (Wildman–Crippen MR) is 100 cm³/mol. The zero-order chi connectivity index (χ0) is 20.7. The van der Waals surface area contributed by atoms with Crippen LogP contribution in [0.25, 0.3) is 0 Å². The first-order valence-corrected chi connectivity index (χ1v) is 9.28. The summed E-state index contributed by atoms with van der Waals surface area (Å²) in [5, 5.41) is -1.23. The second-order valence-corrected chi connectivity index (χ2v) is 7.78. The highest BCUT2D eigenvalue weighted by molar-refractivity contribution is 8.14. The van der Waals surface area contributed by atoms with Crippen LogP contribution in [0.4, 0.5) is 0 Å². The first kappa shape index (κ1) is 19.8. The molecule has 0 radical (unpaired) electrons. The van der Waals surface area contributed by atoms with Crippen LogP contribution >= 0.6 is 11.8 Å². The van der Waals surface area contributed by atoms with Crippen molar-refractivity contribution in [3.63, 3.8) is 0 Å². The van der Waals surface area contributed by atoms with Crippen molar-refractivity contribution in [2.24, 2.45) is 0 Å². The summed E-state index contributed by atoms with van der Waals surface area (Å²) in [6, 6.07) is 3.97. The molecule has 0 bridgehead atoms. The summed E-state index contributed by atoms with van der Waals surface area (Å²) in [7, 11) is 1.18. The summed E-state index contributed by atoms with van der Waals surface area (Å²) in [4.78, 5) is 64.4. The highest BCUT2D eigenvalue weighted by Crippen LogP contribution is 2.40. The van der Waals surface area contributed by atoms with Crippen molar-refractivity contribution in [2.45, 2.75) is 31.3 Å². The Morgan fingerprint density at radius 1 is 1.11 bits per heavy atom. The van der Waals surface area contributed by atoms with Crippen LogP contribution in [0.2, 0.25) is 0 Å². The molecule has 1 fully saturated rings. The lowest BCUT2D eigenvalue weighted by Crippen LogP contribution is -2.73. The minimum absolute atomic E-state index is 0.203. The van der Waals surface area contributed by atoms with Gasteiger partial charge in [-0.2, -0.15) is 0 Å². The van der Waals surface area contributed by atoms with Crippen molar-refractivity contribution < 1.29 is 28.7 Å². The van der Waals surface area contributed by atoms with E-state index < -0.39 is 41.1 Å². The molecule has 9 heteroatoms. The van der Waals surface area contributed by atoms with Crippen molar-refractivity contribution in [2.75, 3.05) is 7.11 Å². The van der Waals surface area contributed by atoms with Gasteiger partial charge < -0.3 is 9.64 Å². The van der Waals surface area contributed by atoms with E-state index in [0.717, 1.165) is 21.6 Å². The number of nitrogens with zero attached hydrogens (tertiary/aromatic N) is 2. The fourth-order valence-electron chi connectivity index (χ4n) is 3.40. The average Bonchev–Trinajstić information content (AvgIpc) is 2.90. The largest absolute Gasteiger partial charge is 0.467 e. The lowest BCUT2D eigenvalue weighted by atomic mass is 9.98. The minimum Gasteiger partial charge on any atom is -0.467 e. The molecule has 1 saturated heterocycles. The molecule has 2 heterocycles. The molecule has 0 saturated carbocycles. The molecule has 0 aliphatic carbocycles. The van der Waals surface area contributed by atoms with E-state index in [1.807, 2.05) is 0 Å². The van der Waals surface area contributed by atoms with Crippen LogP contribution in [-0.4, -0.2) is 63.2 Å². The number of hydrogen-bond acceptors (Lipinski definition) is 7. The number of carbonyl (C=O) groups is 5. The molecule has 28 heavy (non-hydrogen) atoms. The van der Waals surface area contributed by atoms with E-state index in [4.69, 9.17) is 4.74 Å². The Bertz CT molecular complexity index is 892. The summed E-state index contributed by atoms with van der Waals surface area (Å²) in [5.74, 6) is -2.53. The Hall–Kier alpha value is -2.94. The molecule has 2 aliphatic heterocycles. The molecule has 3 amide bonds. The third-order valence-corrected chi connectivity index (χ3v) is 5.67. The number of thioether (sulfide) groups is 1. The number of ether oxygens (including phenoxy) is 1. The molecule has 3 atom stereocenters. The molecule has 0 N–H and O–H groups in total. The van der Waals surface area contributed by atoms with E-state index >= 15 is 0 Å². The van der Waals surface area contributed by atoms with Gasteiger partial charge >= 0.3 is 5.97 Å². The maximum absolute atomic E-state index is 13.0. The molecule has 1 aromatic rings. The van der Waals surface area contributed by atoms with E-state index in [1.165, 1.54) is 26.2 Å². The molecule has 1 aromatic carbocycles. The van der Waals surface area contributed by atoms with Crippen molar-refractivity contribution in [3.8, 4) is 0 Å². The number of imide groups is 1. The van der Waals surface area contributed by atoms with Crippen LogP contribution in [0.5, 0.6) is 0 Å². The number of rotatable bonds is 5. The van der Waals surface area contributed by atoms with Gasteiger partial charge in [0.2, 0.25) is 0 Å². The second-order valence-electron chi connectivity index (χ2n) is 6.49. The number of methoxy groups -OCH3 is 1. The van der Waals surface area contributed by atoms with Gasteiger partial charge in [0.25, 0.3) is 17.7 Å². The van der Waals surface area contributed by atoms with Gasteiger partial charge in [0, 0.05) is 6.92 Å². The fraction of sp³-hybridized carbons (Fsp3) is 0.316. The van der Waals surface area contributed by atoms with Crippen molar-refractivity contribution >= 4 is 40.6 Å². The molecule has 146 valence electrons. The van der Waals surface area contributed by atoms with Crippen LogP contribution in [0, 0.1) is 0 Å². The van der Waals surface area contributed by atoms with Gasteiger partial charge in [0.05, 0.1) is 18.2 Å². The molecular formula is C19H18N2O6S. The molecule has 0 aromatic heterocycles. The number of fused-ring (bicyclic) bond motifs is 1. The van der Waals surface area contributed by atoms with Crippen molar-refractivity contribution in [3.05, 3.63) is 47.5 Å². The van der Waals surface area contributed by atoms with Crippen LogP contribution in [-0.2, 0) is 19.1 Å². The number of hydrogen-bond donors (Lipinski definition) is 0. The summed E-state index contributed by atoms with van der Waals surface area (Å²) >= 11 is 0.776. The molecule has 2 aliphatic rings. The predicted octanol–water partition coefficient (Wildman–Crippen LogP) is 1.22. The SMILES string of the molecule is C=C(C)C(C(=O)OC)N1C(=O)[C@@H](N2C(=O)c3ccccc3C2=O)[C@H]1SC(C)=O. The minimum atomic E-state index is -1.19. The Morgan fingerprint density at radius 3 is 2.07 bits per heavy atom. The van der Waals surface area contributed by atoms with Gasteiger partial charge in [-0.3, -0.25) is 24.1 Å². The highest BCUT2D eigenvalue weighted by Gasteiger charge is 2.60. The van der Waals surface area contributed by atoms with Crippen LogP contribution in [0.15, 0.2) is 36.4 Å². The van der Waals surface area contributed by atoms with Gasteiger partial charge in [-0.05, 0) is 24.6 Å². The van der Waals surface area contributed by atoms with Crippen LogP contribution in [0.1, 0.15) is 34.6 Å². The third-order valence-electron chi connectivity index (χ3n) is 4.61. The highest BCUT2D eigenvalue weighted by atomic mass is 32.2. The Labute approximate surface area is 165 Å². The summed E-state index contributed by atoms with van der Waals surface area (Å²) in [6.07, 6.45) is 0. The maximum atomic E-state index is 13.0. The Morgan fingerprint density at radius 2 is 1.64 bits per heavy atom. The average molecular weight is 402 g/mol. The van der Waals surface area contributed by atoms with E-state index in [2.05, 4.69) is 6.58 Å². The number of carbonyl (C=O) groups excluding carboxylic acids is 5. The number of β-lactam (4-membered cyclic amide) rings is 1. The summed E-state index contributed by atoms with van der Waals surface area (Å²) < 4.78 is 4.75. The molecule has 3 rings (SSSR count). The maximum Gasteiger partial charge on any atom is 0.332 e. The Kier molecular flexibility index (Phi) is 5.12. The van der Waals surface area contributed by atoms with E-state index in [9.17, 15) is 24.0 Å².